The van der Waals surface area contributed by atoms with Gasteiger partial charge in [0.25, 0.3) is 0 Å². The largest absolute Gasteiger partial charge is 0.497 e. The van der Waals surface area contributed by atoms with Gasteiger partial charge in [0.15, 0.2) is 11.0 Å². The van der Waals surface area contributed by atoms with E-state index < -0.39 is 0 Å². The molecule has 0 saturated heterocycles. The molecule has 1 aromatic carbocycles. The molecule has 0 spiro atoms. The molecular formula is C21H27N7O2S. The molecule has 0 fully saturated rings. The van der Waals surface area contributed by atoms with Gasteiger partial charge in [-0.25, -0.2) is 15.0 Å². The minimum atomic E-state index is -0.339. The fourth-order valence-corrected chi connectivity index (χ4v) is 4.21. The second kappa shape index (κ2) is 9.54. The third-order valence-corrected chi connectivity index (χ3v) is 5.81. The van der Waals surface area contributed by atoms with E-state index in [1.54, 1.807) is 25.9 Å². The zero-order valence-electron chi connectivity index (χ0n) is 17.8. The second-order valence-electron chi connectivity index (χ2n) is 7.47. The van der Waals surface area contributed by atoms with Crippen LogP contribution in [0.1, 0.15) is 32.1 Å². The lowest BCUT2D eigenvalue weighted by atomic mass is 10.2. The van der Waals surface area contributed by atoms with Gasteiger partial charge >= 0.3 is 0 Å². The molecule has 2 aromatic heterocycles. The number of imidazole rings is 1. The van der Waals surface area contributed by atoms with E-state index in [0.29, 0.717) is 22.9 Å². The van der Waals surface area contributed by atoms with Gasteiger partial charge in [-0.15, -0.1) is 0 Å². The van der Waals surface area contributed by atoms with Crippen LogP contribution in [0.2, 0.25) is 0 Å². The van der Waals surface area contributed by atoms with Crippen LogP contribution >= 0.6 is 11.8 Å². The highest BCUT2D eigenvalue weighted by Crippen LogP contribution is 2.39. The van der Waals surface area contributed by atoms with Crippen LogP contribution in [0.15, 0.2) is 50.1 Å². The van der Waals surface area contributed by atoms with Crippen molar-refractivity contribution >= 4 is 23.9 Å². The first kappa shape index (κ1) is 21.4. The Morgan fingerprint density at radius 3 is 3.00 bits per heavy atom. The summed E-state index contributed by atoms with van der Waals surface area (Å²) in [5.74, 6) is 1.97. The monoisotopic (exact) mass is 441 g/mol. The van der Waals surface area contributed by atoms with E-state index >= 15 is 0 Å². The van der Waals surface area contributed by atoms with Gasteiger partial charge in [0.05, 0.1) is 25.2 Å². The lowest BCUT2D eigenvalue weighted by Crippen LogP contribution is -2.37. The summed E-state index contributed by atoms with van der Waals surface area (Å²) < 4.78 is 10.9. The first-order chi connectivity index (χ1) is 15.0. The van der Waals surface area contributed by atoms with Crippen LogP contribution in [-0.4, -0.2) is 52.4 Å². The highest BCUT2D eigenvalue weighted by atomic mass is 32.2. The van der Waals surface area contributed by atoms with Crippen LogP contribution in [0.25, 0.3) is 11.5 Å². The number of fused-ring (bicyclic) bond motifs is 1. The van der Waals surface area contributed by atoms with Gasteiger partial charge < -0.3 is 30.1 Å². The van der Waals surface area contributed by atoms with Gasteiger partial charge in [-0.2, -0.15) is 0 Å². The lowest BCUT2D eigenvalue weighted by molar-refractivity contribution is 0.315. The van der Waals surface area contributed by atoms with Gasteiger partial charge in [-0.3, -0.25) is 0 Å². The van der Waals surface area contributed by atoms with E-state index in [-0.39, 0.29) is 6.17 Å². The average molecular weight is 442 g/mol. The molecule has 164 valence electrons. The number of nitrogens with zero attached hydrogens (tertiary/aromatic N) is 4. The predicted octanol–water partition coefficient (Wildman–Crippen LogP) is 3.55. The van der Waals surface area contributed by atoms with E-state index in [1.165, 1.54) is 11.8 Å². The minimum Gasteiger partial charge on any atom is -0.497 e. The number of nitrogens with one attached hydrogen (secondary N) is 2. The molecule has 3 aromatic rings. The number of H-pyrrole nitrogens is 1. The van der Waals surface area contributed by atoms with Crippen molar-refractivity contribution in [2.24, 2.45) is 10.7 Å². The molecular weight excluding hydrogens is 414 g/mol. The molecule has 0 bridgehead atoms. The van der Waals surface area contributed by atoms with Crippen molar-refractivity contribution in [2.45, 2.75) is 42.5 Å². The highest BCUT2D eigenvalue weighted by molar-refractivity contribution is 7.99. The predicted molar refractivity (Wildman–Crippen MR) is 121 cm³/mol. The molecule has 0 radical (unpaired) electrons. The Balaban J connectivity index is 1.51. The van der Waals surface area contributed by atoms with Crippen molar-refractivity contribution in [2.75, 3.05) is 20.2 Å². The van der Waals surface area contributed by atoms with Crippen LogP contribution < -0.4 is 15.8 Å². The average Bonchev–Trinajstić information content (AvgIpc) is 3.42. The smallest absolute Gasteiger partial charge is 0.227 e. The van der Waals surface area contributed by atoms with Crippen molar-refractivity contribution in [3.8, 4) is 17.2 Å². The fourth-order valence-electron chi connectivity index (χ4n) is 3.27. The Labute approximate surface area is 185 Å². The van der Waals surface area contributed by atoms with Gasteiger partial charge in [0.2, 0.25) is 5.89 Å². The normalized spacial score (nSPS) is 15.5. The van der Waals surface area contributed by atoms with Crippen LogP contribution in [0, 0.1) is 0 Å². The lowest BCUT2D eigenvalue weighted by Gasteiger charge is -2.28. The second-order valence-corrected chi connectivity index (χ2v) is 8.50. The fraction of sp³-hybridized carbons (Fsp3) is 0.381. The van der Waals surface area contributed by atoms with Crippen molar-refractivity contribution < 1.29 is 9.15 Å². The summed E-state index contributed by atoms with van der Waals surface area (Å²) in [6.07, 6.45) is 5.60. The zero-order chi connectivity index (χ0) is 21.8. The van der Waals surface area contributed by atoms with E-state index in [0.717, 1.165) is 41.4 Å². The Hall–Kier alpha value is -2.82. The van der Waals surface area contributed by atoms with Crippen molar-refractivity contribution in [1.82, 2.24) is 25.2 Å². The summed E-state index contributed by atoms with van der Waals surface area (Å²) in [7, 11) is 1.64. The molecule has 1 aliphatic rings. The van der Waals surface area contributed by atoms with Gasteiger partial charge in [-0.05, 0) is 31.2 Å². The third kappa shape index (κ3) is 4.92. The maximum atomic E-state index is 6.47. The van der Waals surface area contributed by atoms with Crippen molar-refractivity contribution in [1.29, 1.82) is 0 Å². The number of rotatable bonds is 9. The van der Waals surface area contributed by atoms with Crippen molar-refractivity contribution in [3.05, 3.63) is 36.4 Å². The molecule has 0 amide bonds. The Kier molecular flexibility index (Phi) is 6.59. The molecule has 1 aliphatic heterocycles. The summed E-state index contributed by atoms with van der Waals surface area (Å²) in [6, 6.07) is 6.21. The van der Waals surface area contributed by atoms with Crippen LogP contribution in [0.5, 0.6) is 5.75 Å². The van der Waals surface area contributed by atoms with E-state index in [4.69, 9.17) is 19.9 Å². The molecule has 31 heavy (non-hydrogen) atoms. The van der Waals surface area contributed by atoms with E-state index in [2.05, 4.69) is 34.1 Å². The molecule has 4 rings (SSSR count). The number of aromatic nitrogens is 3. The summed E-state index contributed by atoms with van der Waals surface area (Å²) in [6.45, 7) is 6.02. The molecule has 3 heterocycles. The van der Waals surface area contributed by atoms with E-state index in [9.17, 15) is 0 Å². The molecule has 0 aliphatic carbocycles. The van der Waals surface area contributed by atoms with Crippen molar-refractivity contribution in [3.63, 3.8) is 0 Å². The summed E-state index contributed by atoms with van der Waals surface area (Å²) in [5, 5.41) is 4.11. The summed E-state index contributed by atoms with van der Waals surface area (Å²) in [4.78, 5) is 19.7. The quantitative estimate of drug-likeness (QED) is 0.432. The molecule has 10 heteroatoms. The maximum Gasteiger partial charge on any atom is 0.227 e. The highest BCUT2D eigenvalue weighted by Gasteiger charge is 2.25. The van der Waals surface area contributed by atoms with Gasteiger partial charge in [0, 0.05) is 17.5 Å². The van der Waals surface area contributed by atoms with Gasteiger partial charge in [-0.1, -0.05) is 25.6 Å². The molecule has 0 saturated carbocycles. The topological polar surface area (TPSA) is 118 Å². The Morgan fingerprint density at radius 2 is 2.26 bits per heavy atom. The van der Waals surface area contributed by atoms with Crippen LogP contribution in [0.3, 0.4) is 0 Å². The van der Waals surface area contributed by atoms with E-state index in [1.807, 2.05) is 23.1 Å². The number of benzene rings is 1. The van der Waals surface area contributed by atoms with Gasteiger partial charge in [0.1, 0.15) is 23.9 Å². The summed E-state index contributed by atoms with van der Waals surface area (Å²) >= 11 is 1.46. The standard InChI is InChI=1S/C21H27N7O2S/c1-13(2)23-7-4-9-28-12-25-19-17(18(28)22)26-21(27-19)31-16-11-14(29-3)5-6-15(16)20-24-8-10-30-20/h5-6,8,10-13,18,23H,4,7,9,22H2,1-3H3,(H,26,27). The molecule has 9 nitrogen and oxygen atoms in total. The number of aliphatic imine (C=N–C) groups is 1. The number of aromatic amines is 1. The minimum absolute atomic E-state index is 0.339. The third-order valence-electron chi connectivity index (χ3n) is 4.87. The molecule has 1 unspecified atom stereocenters. The van der Waals surface area contributed by atoms with Crippen LogP contribution in [0.4, 0.5) is 5.82 Å². The molecule has 1 atom stereocenters. The number of hydrogen-bond donors (Lipinski definition) is 3. The first-order valence-electron chi connectivity index (χ1n) is 10.2. The number of ether oxygens (including phenoxy) is 1. The SMILES string of the molecule is COc1ccc(-c2ncco2)c(Sc2nc3c([nH]2)N=CN(CCCNC(C)C)C3N)c1. The number of hydrogen-bond acceptors (Lipinski definition) is 9. The first-order valence-corrected chi connectivity index (χ1v) is 11.0. The number of nitrogens with two attached hydrogens (primary N) is 1. The summed E-state index contributed by atoms with van der Waals surface area (Å²) in [5.41, 5.74) is 8.07. The number of oxazole rings is 1. The zero-order valence-corrected chi connectivity index (χ0v) is 18.6. The van der Waals surface area contributed by atoms with Crippen LogP contribution in [-0.2, 0) is 0 Å². The molecule has 4 N–H and O–H groups in total. The number of methoxy groups -OCH3 is 1. The Bertz CT molecular complexity index is 1030. The Morgan fingerprint density at radius 1 is 1.39 bits per heavy atom. The maximum absolute atomic E-state index is 6.47.